The molecular formula is C13H19NO5S. The number of rotatable bonds is 8. The fourth-order valence-electron chi connectivity index (χ4n) is 1.56. The molecule has 0 spiro atoms. The van der Waals surface area contributed by atoms with E-state index in [1.165, 1.54) is 0 Å². The predicted octanol–water partition coefficient (Wildman–Crippen LogP) is 0.720. The van der Waals surface area contributed by atoms with Crippen LogP contribution in [0.1, 0.15) is 12.5 Å². The third-order valence-electron chi connectivity index (χ3n) is 2.38. The maximum Gasteiger partial charge on any atom is 0.344 e. The second-order valence-corrected chi connectivity index (χ2v) is 5.95. The van der Waals surface area contributed by atoms with E-state index in [9.17, 15) is 13.2 Å². The number of hydrogen-bond donors (Lipinski definition) is 1. The molecule has 0 fully saturated rings. The largest absolute Gasteiger partial charge is 0.482 e. The van der Waals surface area contributed by atoms with Gasteiger partial charge >= 0.3 is 5.97 Å². The van der Waals surface area contributed by atoms with Crippen molar-refractivity contribution in [2.24, 2.45) is 0 Å². The van der Waals surface area contributed by atoms with E-state index in [1.807, 2.05) is 12.1 Å². The lowest BCUT2D eigenvalue weighted by Gasteiger charge is -2.11. The predicted molar refractivity (Wildman–Crippen MR) is 75.1 cm³/mol. The molecule has 0 saturated heterocycles. The molecule has 1 aromatic carbocycles. The van der Waals surface area contributed by atoms with Crippen molar-refractivity contribution in [1.29, 1.82) is 0 Å². The Bertz CT molecular complexity index is 541. The van der Waals surface area contributed by atoms with Crippen LogP contribution < -0.4 is 9.46 Å². The van der Waals surface area contributed by atoms with Crippen molar-refractivity contribution < 1.29 is 22.7 Å². The van der Waals surface area contributed by atoms with E-state index >= 15 is 0 Å². The van der Waals surface area contributed by atoms with E-state index in [2.05, 4.69) is 4.72 Å². The first-order valence-electron chi connectivity index (χ1n) is 6.23. The van der Waals surface area contributed by atoms with Crippen LogP contribution in [-0.4, -0.2) is 40.4 Å². The van der Waals surface area contributed by atoms with Gasteiger partial charge in [-0.2, -0.15) is 0 Å². The molecule has 6 nitrogen and oxygen atoms in total. The van der Waals surface area contributed by atoms with Crippen molar-refractivity contribution in [3.05, 3.63) is 29.8 Å². The maximum absolute atomic E-state index is 11.2. The zero-order valence-electron chi connectivity index (χ0n) is 11.6. The summed E-state index contributed by atoms with van der Waals surface area (Å²) in [6.07, 6.45) is 1.59. The molecule has 1 N–H and O–H groups in total. The molecule has 0 atom stereocenters. The Hall–Kier alpha value is -1.60. The van der Waals surface area contributed by atoms with Crippen molar-refractivity contribution in [3.63, 3.8) is 0 Å². The summed E-state index contributed by atoms with van der Waals surface area (Å²) >= 11 is 0. The van der Waals surface area contributed by atoms with E-state index in [4.69, 9.17) is 9.47 Å². The fourth-order valence-corrected chi connectivity index (χ4v) is 2.03. The zero-order valence-corrected chi connectivity index (χ0v) is 12.4. The van der Waals surface area contributed by atoms with Gasteiger partial charge in [0.05, 0.1) is 12.9 Å². The molecule has 0 aromatic heterocycles. The van der Waals surface area contributed by atoms with Crippen LogP contribution >= 0.6 is 0 Å². The van der Waals surface area contributed by atoms with Crippen LogP contribution in [0.5, 0.6) is 5.75 Å². The second-order valence-electron chi connectivity index (χ2n) is 4.12. The van der Waals surface area contributed by atoms with E-state index in [0.717, 1.165) is 11.8 Å². The highest BCUT2D eigenvalue weighted by Crippen LogP contribution is 2.18. The molecule has 0 saturated carbocycles. The lowest BCUT2D eigenvalue weighted by molar-refractivity contribution is -0.145. The summed E-state index contributed by atoms with van der Waals surface area (Å²) in [6, 6.07) is 7.17. The quantitative estimate of drug-likeness (QED) is 0.716. The standard InChI is InChI=1S/C13H19NO5S/c1-3-18-13(15)10-19-12-7-5-4-6-11(12)8-9-14-20(2,16)17/h4-7,14H,3,8-10H2,1-2H3. The highest BCUT2D eigenvalue weighted by Gasteiger charge is 2.08. The van der Waals surface area contributed by atoms with Gasteiger partial charge in [0, 0.05) is 6.54 Å². The Morgan fingerprint density at radius 3 is 2.65 bits per heavy atom. The van der Waals surface area contributed by atoms with Gasteiger partial charge in [0.15, 0.2) is 6.61 Å². The van der Waals surface area contributed by atoms with Gasteiger partial charge in [-0.15, -0.1) is 0 Å². The van der Waals surface area contributed by atoms with Crippen LogP contribution in [0.25, 0.3) is 0 Å². The smallest absolute Gasteiger partial charge is 0.344 e. The van der Waals surface area contributed by atoms with Gasteiger partial charge in [-0.3, -0.25) is 0 Å². The van der Waals surface area contributed by atoms with Crippen molar-refractivity contribution in [2.75, 3.05) is 26.0 Å². The number of para-hydroxylation sites is 1. The van der Waals surface area contributed by atoms with E-state index in [1.54, 1.807) is 19.1 Å². The number of carbonyl (C=O) groups excluding carboxylic acids is 1. The summed E-state index contributed by atoms with van der Waals surface area (Å²) < 4.78 is 34.5. The first-order chi connectivity index (χ1) is 9.42. The van der Waals surface area contributed by atoms with Gasteiger partial charge in [-0.05, 0) is 25.0 Å². The molecule has 112 valence electrons. The van der Waals surface area contributed by atoms with Crippen LogP contribution in [0, 0.1) is 0 Å². The van der Waals surface area contributed by atoms with Gasteiger partial charge in [0.2, 0.25) is 10.0 Å². The number of nitrogens with one attached hydrogen (secondary N) is 1. The first kappa shape index (κ1) is 16.5. The number of sulfonamides is 1. The zero-order chi connectivity index (χ0) is 15.0. The summed E-state index contributed by atoms with van der Waals surface area (Å²) in [5, 5.41) is 0. The summed E-state index contributed by atoms with van der Waals surface area (Å²) in [6.45, 7) is 2.15. The van der Waals surface area contributed by atoms with Crippen LogP contribution in [0.4, 0.5) is 0 Å². The number of benzene rings is 1. The maximum atomic E-state index is 11.2. The van der Waals surface area contributed by atoms with Crippen LogP contribution in [0.3, 0.4) is 0 Å². The molecular weight excluding hydrogens is 282 g/mol. The van der Waals surface area contributed by atoms with Crippen molar-refractivity contribution >= 4 is 16.0 Å². The molecule has 20 heavy (non-hydrogen) atoms. The minimum Gasteiger partial charge on any atom is -0.482 e. The molecule has 0 aliphatic heterocycles. The van der Waals surface area contributed by atoms with Gasteiger partial charge < -0.3 is 9.47 Å². The Labute approximate surface area is 119 Å². The molecule has 7 heteroatoms. The monoisotopic (exact) mass is 301 g/mol. The highest BCUT2D eigenvalue weighted by atomic mass is 32.2. The molecule has 0 aliphatic rings. The van der Waals surface area contributed by atoms with Crippen molar-refractivity contribution in [1.82, 2.24) is 4.72 Å². The summed E-state index contributed by atoms with van der Waals surface area (Å²) in [7, 11) is -3.21. The molecule has 0 radical (unpaired) electrons. The van der Waals surface area contributed by atoms with Crippen LogP contribution in [0.15, 0.2) is 24.3 Å². The minimum absolute atomic E-state index is 0.162. The minimum atomic E-state index is -3.21. The molecule has 1 aromatic rings. The molecule has 0 heterocycles. The fraction of sp³-hybridized carbons (Fsp3) is 0.462. The number of ether oxygens (including phenoxy) is 2. The molecule has 0 aliphatic carbocycles. The Morgan fingerprint density at radius 2 is 2.00 bits per heavy atom. The second kappa shape index (κ2) is 7.86. The number of carbonyl (C=O) groups is 1. The Balaban J connectivity index is 2.57. The molecule has 1 rings (SSSR count). The van der Waals surface area contributed by atoms with Gasteiger partial charge in [0.25, 0.3) is 0 Å². The van der Waals surface area contributed by atoms with Gasteiger partial charge in [0.1, 0.15) is 5.75 Å². The van der Waals surface area contributed by atoms with E-state index < -0.39 is 16.0 Å². The Kier molecular flexibility index (Phi) is 6.47. The topological polar surface area (TPSA) is 81.7 Å². The lowest BCUT2D eigenvalue weighted by atomic mass is 10.1. The summed E-state index contributed by atoms with van der Waals surface area (Å²) in [5.41, 5.74) is 0.827. The van der Waals surface area contributed by atoms with E-state index in [0.29, 0.717) is 18.8 Å². The summed E-state index contributed by atoms with van der Waals surface area (Å²) in [4.78, 5) is 11.2. The molecule has 0 amide bonds. The Morgan fingerprint density at radius 1 is 1.30 bits per heavy atom. The average Bonchev–Trinajstić information content (AvgIpc) is 2.36. The van der Waals surface area contributed by atoms with Gasteiger partial charge in [-0.25, -0.2) is 17.9 Å². The third-order valence-corrected chi connectivity index (χ3v) is 3.11. The summed E-state index contributed by atoms with van der Waals surface area (Å²) in [5.74, 6) is 0.118. The first-order valence-corrected chi connectivity index (χ1v) is 8.12. The number of esters is 1. The molecule has 0 bridgehead atoms. The normalized spacial score (nSPS) is 11.1. The highest BCUT2D eigenvalue weighted by molar-refractivity contribution is 7.88. The number of hydrogen-bond acceptors (Lipinski definition) is 5. The third kappa shape index (κ3) is 6.53. The van der Waals surface area contributed by atoms with Crippen molar-refractivity contribution in [2.45, 2.75) is 13.3 Å². The average molecular weight is 301 g/mol. The van der Waals surface area contributed by atoms with E-state index in [-0.39, 0.29) is 13.2 Å². The molecule has 0 unspecified atom stereocenters. The van der Waals surface area contributed by atoms with Crippen LogP contribution in [-0.2, 0) is 26.0 Å². The SMILES string of the molecule is CCOC(=O)COc1ccccc1CCNS(C)(=O)=O. The van der Waals surface area contributed by atoms with Crippen LogP contribution in [0.2, 0.25) is 0 Å². The van der Waals surface area contributed by atoms with Crippen molar-refractivity contribution in [3.8, 4) is 5.75 Å². The van der Waals surface area contributed by atoms with Gasteiger partial charge in [-0.1, -0.05) is 18.2 Å². The lowest BCUT2D eigenvalue weighted by Crippen LogP contribution is -2.24.